The lowest BCUT2D eigenvalue weighted by Gasteiger charge is -2.23. The van der Waals surface area contributed by atoms with Gasteiger partial charge in [0, 0.05) is 11.5 Å². The van der Waals surface area contributed by atoms with Gasteiger partial charge in [-0.15, -0.1) is 0 Å². The summed E-state index contributed by atoms with van der Waals surface area (Å²) in [6.45, 7) is 5.32. The Labute approximate surface area is 104 Å². The van der Waals surface area contributed by atoms with Crippen molar-refractivity contribution in [3.05, 3.63) is 10.4 Å². The minimum absolute atomic E-state index is 0.440. The van der Waals surface area contributed by atoms with Crippen LogP contribution in [0.2, 0.25) is 0 Å². The molecule has 0 amide bonds. The molecule has 1 N–H and O–H groups in total. The quantitative estimate of drug-likeness (QED) is 0.273. The van der Waals surface area contributed by atoms with E-state index in [4.69, 9.17) is 10.8 Å². The van der Waals surface area contributed by atoms with Crippen molar-refractivity contribution >= 4 is 0 Å². The second-order valence-corrected chi connectivity index (χ2v) is 4.49. The molecule has 5 heteroatoms. The van der Waals surface area contributed by atoms with Gasteiger partial charge in [-0.2, -0.15) is 5.26 Å². The van der Waals surface area contributed by atoms with Gasteiger partial charge in [-0.3, -0.25) is 5.32 Å². The lowest BCUT2D eigenvalue weighted by Crippen LogP contribution is -2.41. The highest BCUT2D eigenvalue weighted by molar-refractivity contribution is 5.03. The fourth-order valence-electron chi connectivity index (χ4n) is 1.65. The Bertz CT molecular complexity index is 277. The van der Waals surface area contributed by atoms with Crippen molar-refractivity contribution in [1.82, 2.24) is 5.32 Å². The van der Waals surface area contributed by atoms with Gasteiger partial charge >= 0.3 is 0 Å². The van der Waals surface area contributed by atoms with Crippen molar-refractivity contribution in [2.24, 2.45) is 5.11 Å². The zero-order chi connectivity index (χ0) is 13.0. The summed E-state index contributed by atoms with van der Waals surface area (Å²) < 4.78 is 0. The van der Waals surface area contributed by atoms with Crippen LogP contribution in [0.15, 0.2) is 5.11 Å². The second-order valence-electron chi connectivity index (χ2n) is 4.49. The van der Waals surface area contributed by atoms with E-state index in [9.17, 15) is 0 Å². The molecule has 0 bridgehead atoms. The first-order valence-electron chi connectivity index (χ1n) is 6.35. The van der Waals surface area contributed by atoms with Gasteiger partial charge in [-0.05, 0) is 31.8 Å². The van der Waals surface area contributed by atoms with Crippen LogP contribution < -0.4 is 5.32 Å². The molecule has 0 aromatic rings. The molecule has 5 nitrogen and oxygen atoms in total. The Morgan fingerprint density at radius 1 is 1.35 bits per heavy atom. The molecule has 0 aromatic heterocycles. The Balaban J connectivity index is 3.77. The summed E-state index contributed by atoms with van der Waals surface area (Å²) in [7, 11) is 0. The van der Waals surface area contributed by atoms with Crippen molar-refractivity contribution in [2.45, 2.75) is 57.9 Å². The van der Waals surface area contributed by atoms with E-state index in [1.165, 1.54) is 19.3 Å². The first-order valence-corrected chi connectivity index (χ1v) is 6.35. The molecule has 96 valence electrons. The highest BCUT2D eigenvalue weighted by atomic mass is 15.1. The number of nitrogens with zero attached hydrogens (tertiary/aromatic N) is 4. The van der Waals surface area contributed by atoms with E-state index < -0.39 is 5.54 Å². The fourth-order valence-corrected chi connectivity index (χ4v) is 1.65. The summed E-state index contributed by atoms with van der Waals surface area (Å²) in [5.74, 6) is 0. The number of nitrogens with one attached hydrogen (secondary N) is 1. The van der Waals surface area contributed by atoms with E-state index in [0.29, 0.717) is 6.54 Å². The van der Waals surface area contributed by atoms with Gasteiger partial charge in [-0.1, -0.05) is 37.7 Å². The molecule has 0 heterocycles. The number of nitriles is 1. The maximum absolute atomic E-state index is 9.15. The van der Waals surface area contributed by atoms with E-state index >= 15 is 0 Å². The summed E-state index contributed by atoms with van der Waals surface area (Å²) >= 11 is 0. The molecule has 0 saturated carbocycles. The monoisotopic (exact) mass is 237 g/mol. The van der Waals surface area contributed by atoms with Gasteiger partial charge in [0.15, 0.2) is 0 Å². The topological polar surface area (TPSA) is 84.6 Å². The molecule has 0 fully saturated rings. The van der Waals surface area contributed by atoms with Crippen LogP contribution >= 0.6 is 0 Å². The van der Waals surface area contributed by atoms with Crippen molar-refractivity contribution in [1.29, 1.82) is 5.26 Å². The number of unbranched alkanes of at least 4 members (excludes halogenated alkanes) is 3. The molecule has 0 spiro atoms. The molecule has 17 heavy (non-hydrogen) atoms. The van der Waals surface area contributed by atoms with Gasteiger partial charge in [0.05, 0.1) is 6.07 Å². The zero-order valence-electron chi connectivity index (χ0n) is 10.9. The Hall–Kier alpha value is -1.24. The maximum atomic E-state index is 9.15. The van der Waals surface area contributed by atoms with Crippen LogP contribution in [0.4, 0.5) is 0 Å². The predicted molar refractivity (Wildman–Crippen MR) is 69.4 cm³/mol. The molecule has 0 rings (SSSR count). The molecule has 0 radical (unpaired) electrons. The average molecular weight is 237 g/mol. The number of hydrogen-bond donors (Lipinski definition) is 1. The number of rotatable bonds is 10. The molecule has 0 aliphatic rings. The molecular formula is C12H23N5. The molecular weight excluding hydrogens is 214 g/mol. The highest BCUT2D eigenvalue weighted by Gasteiger charge is 2.21. The van der Waals surface area contributed by atoms with Crippen molar-refractivity contribution in [3.8, 4) is 6.07 Å². The zero-order valence-corrected chi connectivity index (χ0v) is 10.9. The predicted octanol–water partition coefficient (Wildman–Crippen LogP) is 3.53. The highest BCUT2D eigenvalue weighted by Crippen LogP contribution is 2.14. The minimum atomic E-state index is -0.440. The van der Waals surface area contributed by atoms with Crippen LogP contribution in [0, 0.1) is 11.3 Å². The van der Waals surface area contributed by atoms with Crippen LogP contribution in [0.1, 0.15) is 52.4 Å². The molecule has 1 unspecified atom stereocenters. The fraction of sp³-hybridized carbons (Fsp3) is 0.917. The third-order valence-corrected chi connectivity index (χ3v) is 2.79. The Morgan fingerprint density at radius 3 is 2.71 bits per heavy atom. The van der Waals surface area contributed by atoms with Crippen molar-refractivity contribution in [3.63, 3.8) is 0 Å². The van der Waals surface area contributed by atoms with Crippen molar-refractivity contribution in [2.75, 3.05) is 13.1 Å². The van der Waals surface area contributed by atoms with E-state index in [1.54, 1.807) is 0 Å². The molecule has 0 aromatic carbocycles. The van der Waals surface area contributed by atoms with Crippen LogP contribution in [-0.4, -0.2) is 18.6 Å². The van der Waals surface area contributed by atoms with E-state index in [-0.39, 0.29) is 0 Å². The van der Waals surface area contributed by atoms with Gasteiger partial charge < -0.3 is 0 Å². The molecule has 0 aliphatic heterocycles. The van der Waals surface area contributed by atoms with E-state index in [0.717, 1.165) is 25.8 Å². The van der Waals surface area contributed by atoms with Crippen LogP contribution in [0.25, 0.3) is 10.4 Å². The van der Waals surface area contributed by atoms with Crippen molar-refractivity contribution < 1.29 is 0 Å². The first-order chi connectivity index (χ1) is 8.18. The largest absolute Gasteiger partial charge is 0.300 e. The second kappa shape index (κ2) is 9.95. The summed E-state index contributed by atoms with van der Waals surface area (Å²) in [6.07, 6.45) is 6.37. The third-order valence-electron chi connectivity index (χ3n) is 2.79. The lowest BCUT2D eigenvalue weighted by atomic mass is 9.95. The molecule has 1 atom stereocenters. The Kier molecular flexibility index (Phi) is 9.22. The standard InChI is InChI=1S/C12H23N5/c1-3-4-5-6-8-12(2,11-13)15-9-7-10-16-17-14/h15H,3-10H2,1-2H3. The lowest BCUT2D eigenvalue weighted by molar-refractivity contribution is 0.397. The third kappa shape index (κ3) is 8.56. The van der Waals surface area contributed by atoms with Crippen LogP contribution in [0.5, 0.6) is 0 Å². The summed E-state index contributed by atoms with van der Waals surface area (Å²) in [4.78, 5) is 2.69. The van der Waals surface area contributed by atoms with Crippen LogP contribution in [-0.2, 0) is 0 Å². The minimum Gasteiger partial charge on any atom is -0.300 e. The normalized spacial score (nSPS) is 13.5. The van der Waals surface area contributed by atoms with Gasteiger partial charge in [-0.25, -0.2) is 0 Å². The van der Waals surface area contributed by atoms with Gasteiger partial charge in [0.25, 0.3) is 0 Å². The van der Waals surface area contributed by atoms with E-state index in [2.05, 4.69) is 28.3 Å². The average Bonchev–Trinajstić information content (AvgIpc) is 2.34. The van der Waals surface area contributed by atoms with Gasteiger partial charge in [0.2, 0.25) is 0 Å². The SMILES string of the molecule is CCCCCCC(C)(C#N)NCCCN=[N+]=[N-]. The maximum Gasteiger partial charge on any atom is 0.103 e. The molecule has 0 saturated heterocycles. The summed E-state index contributed by atoms with van der Waals surface area (Å²) in [5, 5.41) is 15.8. The summed E-state index contributed by atoms with van der Waals surface area (Å²) in [6, 6.07) is 2.33. The smallest absolute Gasteiger partial charge is 0.103 e. The Morgan fingerprint density at radius 2 is 2.12 bits per heavy atom. The number of hydrogen-bond acceptors (Lipinski definition) is 3. The van der Waals surface area contributed by atoms with Crippen LogP contribution in [0.3, 0.4) is 0 Å². The number of azide groups is 1. The van der Waals surface area contributed by atoms with Gasteiger partial charge in [0.1, 0.15) is 5.54 Å². The first kappa shape index (κ1) is 15.8. The summed E-state index contributed by atoms with van der Waals surface area (Å²) in [5.41, 5.74) is 7.68. The van der Waals surface area contributed by atoms with E-state index in [1.807, 2.05) is 6.92 Å². The molecule has 0 aliphatic carbocycles.